The molecule has 0 amide bonds. The molecule has 1 aromatic carbocycles. The molecule has 0 atom stereocenters. The topological polar surface area (TPSA) is 29.3 Å². The molecule has 2 rings (SSSR count). The van der Waals surface area contributed by atoms with E-state index in [0.29, 0.717) is 5.02 Å². The van der Waals surface area contributed by atoms with E-state index in [0.717, 1.165) is 24.3 Å². The number of halogens is 1. The average Bonchev–Trinajstić information content (AvgIpc) is 2.75. The molecule has 1 heterocycles. The fourth-order valence-corrected chi connectivity index (χ4v) is 2.59. The van der Waals surface area contributed by atoms with Crippen molar-refractivity contribution in [2.24, 2.45) is 0 Å². The summed E-state index contributed by atoms with van der Waals surface area (Å²) >= 11 is 7.60. The number of nitrogens with zero attached hydrogens (tertiary/aromatic N) is 1. The third-order valence-electron chi connectivity index (χ3n) is 2.58. The van der Waals surface area contributed by atoms with Crippen molar-refractivity contribution in [3.05, 3.63) is 51.2 Å². The second kappa shape index (κ2) is 5.54. The van der Waals surface area contributed by atoms with Crippen molar-refractivity contribution < 1.29 is 0 Å². The highest BCUT2D eigenvalue weighted by Crippen LogP contribution is 2.20. The van der Waals surface area contributed by atoms with Crippen molar-refractivity contribution in [1.82, 2.24) is 4.90 Å². The first-order valence-corrected chi connectivity index (χ1v) is 6.71. The molecule has 0 aliphatic carbocycles. The van der Waals surface area contributed by atoms with Gasteiger partial charge in [-0.05, 0) is 47.1 Å². The summed E-state index contributed by atoms with van der Waals surface area (Å²) in [5, 5.41) is 4.95. The van der Waals surface area contributed by atoms with Gasteiger partial charge in [0, 0.05) is 23.8 Å². The fraction of sp³-hybridized carbons (Fsp3) is 0.231. The highest BCUT2D eigenvalue weighted by molar-refractivity contribution is 7.07. The predicted molar refractivity (Wildman–Crippen MR) is 75.4 cm³/mol. The van der Waals surface area contributed by atoms with Crippen LogP contribution < -0.4 is 5.73 Å². The molecule has 17 heavy (non-hydrogen) atoms. The Kier molecular flexibility index (Phi) is 4.05. The Morgan fingerprint density at radius 1 is 1.29 bits per heavy atom. The van der Waals surface area contributed by atoms with Crippen molar-refractivity contribution in [2.75, 3.05) is 12.8 Å². The van der Waals surface area contributed by atoms with Gasteiger partial charge in [0.15, 0.2) is 0 Å². The van der Waals surface area contributed by atoms with Gasteiger partial charge in [0.05, 0.1) is 0 Å². The summed E-state index contributed by atoms with van der Waals surface area (Å²) in [5.41, 5.74) is 9.15. The van der Waals surface area contributed by atoms with Gasteiger partial charge in [-0.15, -0.1) is 0 Å². The normalized spacial score (nSPS) is 11.0. The summed E-state index contributed by atoms with van der Waals surface area (Å²) in [4.78, 5) is 2.24. The van der Waals surface area contributed by atoms with Crippen LogP contribution in [0.2, 0.25) is 5.02 Å². The number of hydrogen-bond acceptors (Lipinski definition) is 3. The van der Waals surface area contributed by atoms with E-state index in [1.54, 1.807) is 17.4 Å². The van der Waals surface area contributed by atoms with Crippen LogP contribution in [-0.2, 0) is 13.1 Å². The molecule has 0 saturated carbocycles. The molecule has 0 unspecified atom stereocenters. The van der Waals surface area contributed by atoms with E-state index in [-0.39, 0.29) is 0 Å². The largest absolute Gasteiger partial charge is 0.398 e. The minimum atomic E-state index is 0.687. The summed E-state index contributed by atoms with van der Waals surface area (Å²) in [6.07, 6.45) is 0. The van der Waals surface area contributed by atoms with Gasteiger partial charge < -0.3 is 5.73 Å². The highest BCUT2D eigenvalue weighted by atomic mass is 35.5. The Morgan fingerprint density at radius 3 is 2.76 bits per heavy atom. The third-order valence-corrected chi connectivity index (χ3v) is 3.55. The molecule has 0 spiro atoms. The Hall–Kier alpha value is -1.03. The first kappa shape index (κ1) is 12.4. The van der Waals surface area contributed by atoms with Gasteiger partial charge in [-0.2, -0.15) is 11.3 Å². The molecule has 2 N–H and O–H groups in total. The summed E-state index contributed by atoms with van der Waals surface area (Å²) in [7, 11) is 2.09. The van der Waals surface area contributed by atoms with Crippen LogP contribution >= 0.6 is 22.9 Å². The zero-order valence-corrected chi connectivity index (χ0v) is 11.3. The quantitative estimate of drug-likeness (QED) is 0.857. The molecule has 0 fully saturated rings. The number of thiophene rings is 1. The summed E-state index contributed by atoms with van der Waals surface area (Å²) < 4.78 is 0. The van der Waals surface area contributed by atoms with E-state index in [1.165, 1.54) is 5.56 Å². The van der Waals surface area contributed by atoms with Crippen molar-refractivity contribution in [3.8, 4) is 0 Å². The Bertz CT molecular complexity index is 482. The lowest BCUT2D eigenvalue weighted by Crippen LogP contribution is -2.17. The van der Waals surface area contributed by atoms with E-state index in [4.69, 9.17) is 17.3 Å². The van der Waals surface area contributed by atoms with Crippen LogP contribution in [0.3, 0.4) is 0 Å². The van der Waals surface area contributed by atoms with E-state index < -0.39 is 0 Å². The zero-order valence-electron chi connectivity index (χ0n) is 9.69. The second-order valence-electron chi connectivity index (χ2n) is 4.15. The number of rotatable bonds is 4. The van der Waals surface area contributed by atoms with Crippen LogP contribution in [-0.4, -0.2) is 11.9 Å². The summed E-state index contributed by atoms with van der Waals surface area (Å²) in [5.74, 6) is 0. The predicted octanol–water partition coefficient (Wildman–Crippen LogP) is 3.62. The molecule has 0 radical (unpaired) electrons. The summed E-state index contributed by atoms with van der Waals surface area (Å²) in [6.45, 7) is 1.77. The standard InChI is InChI=1S/C13H15ClN2S/c1-16(7-10-4-5-17-9-10)8-11-2-3-12(14)6-13(11)15/h2-6,9H,7-8,15H2,1H3. The molecule has 90 valence electrons. The third kappa shape index (κ3) is 3.46. The first-order valence-electron chi connectivity index (χ1n) is 5.38. The average molecular weight is 267 g/mol. The van der Waals surface area contributed by atoms with Crippen LogP contribution in [0.1, 0.15) is 11.1 Å². The minimum absolute atomic E-state index is 0.687. The maximum absolute atomic E-state index is 5.93. The second-order valence-corrected chi connectivity index (χ2v) is 5.36. The SMILES string of the molecule is CN(Cc1ccsc1)Cc1ccc(Cl)cc1N. The number of nitrogen functional groups attached to an aromatic ring is 1. The number of benzene rings is 1. The number of anilines is 1. The van der Waals surface area contributed by atoms with Crippen LogP contribution in [0.4, 0.5) is 5.69 Å². The van der Waals surface area contributed by atoms with Gasteiger partial charge in [-0.1, -0.05) is 17.7 Å². The molecular weight excluding hydrogens is 252 g/mol. The molecule has 4 heteroatoms. The lowest BCUT2D eigenvalue weighted by atomic mass is 10.1. The van der Waals surface area contributed by atoms with Gasteiger partial charge >= 0.3 is 0 Å². The number of hydrogen-bond donors (Lipinski definition) is 1. The van der Waals surface area contributed by atoms with E-state index in [9.17, 15) is 0 Å². The first-order chi connectivity index (χ1) is 8.15. The Labute approximate surface area is 111 Å². The zero-order chi connectivity index (χ0) is 12.3. The molecule has 0 saturated heterocycles. The van der Waals surface area contributed by atoms with Gasteiger partial charge in [0.25, 0.3) is 0 Å². The van der Waals surface area contributed by atoms with E-state index >= 15 is 0 Å². The number of nitrogens with two attached hydrogens (primary N) is 1. The van der Waals surface area contributed by atoms with Crippen LogP contribution in [0.25, 0.3) is 0 Å². The van der Waals surface area contributed by atoms with E-state index in [2.05, 4.69) is 28.8 Å². The van der Waals surface area contributed by atoms with Crippen LogP contribution in [0.15, 0.2) is 35.0 Å². The van der Waals surface area contributed by atoms with Crippen LogP contribution in [0, 0.1) is 0 Å². The molecule has 2 nitrogen and oxygen atoms in total. The highest BCUT2D eigenvalue weighted by Gasteiger charge is 2.05. The molecule has 0 bridgehead atoms. The van der Waals surface area contributed by atoms with Crippen molar-refractivity contribution in [3.63, 3.8) is 0 Å². The molecule has 0 aliphatic heterocycles. The van der Waals surface area contributed by atoms with Crippen LogP contribution in [0.5, 0.6) is 0 Å². The molecule has 1 aromatic heterocycles. The monoisotopic (exact) mass is 266 g/mol. The maximum atomic E-state index is 5.93. The van der Waals surface area contributed by atoms with Crippen molar-refractivity contribution in [2.45, 2.75) is 13.1 Å². The Morgan fingerprint density at radius 2 is 2.12 bits per heavy atom. The summed E-state index contributed by atoms with van der Waals surface area (Å²) in [6, 6.07) is 7.81. The Balaban J connectivity index is 2.00. The minimum Gasteiger partial charge on any atom is -0.398 e. The lowest BCUT2D eigenvalue weighted by molar-refractivity contribution is 0.320. The van der Waals surface area contributed by atoms with Crippen molar-refractivity contribution >= 4 is 28.6 Å². The molecular formula is C13H15ClN2S. The molecule has 2 aromatic rings. The fourth-order valence-electron chi connectivity index (χ4n) is 1.75. The van der Waals surface area contributed by atoms with Gasteiger partial charge in [-0.3, -0.25) is 4.90 Å². The van der Waals surface area contributed by atoms with Gasteiger partial charge in [0.1, 0.15) is 0 Å². The smallest absolute Gasteiger partial charge is 0.0426 e. The lowest BCUT2D eigenvalue weighted by Gasteiger charge is -2.17. The van der Waals surface area contributed by atoms with Crippen molar-refractivity contribution in [1.29, 1.82) is 0 Å². The van der Waals surface area contributed by atoms with E-state index in [1.807, 2.05) is 12.1 Å². The maximum Gasteiger partial charge on any atom is 0.0426 e. The molecule has 0 aliphatic rings. The van der Waals surface area contributed by atoms with Gasteiger partial charge in [0.2, 0.25) is 0 Å². The van der Waals surface area contributed by atoms with Gasteiger partial charge in [-0.25, -0.2) is 0 Å².